The van der Waals surface area contributed by atoms with E-state index in [0.717, 1.165) is 5.56 Å². The monoisotopic (exact) mass is 238 g/mol. The zero-order valence-electron chi connectivity index (χ0n) is 10.1. The molecule has 0 spiro atoms. The predicted molar refractivity (Wildman–Crippen MR) is 62.1 cm³/mol. The summed E-state index contributed by atoms with van der Waals surface area (Å²) in [7, 11) is 3.61. The van der Waals surface area contributed by atoms with Crippen LogP contribution in [0.3, 0.4) is 0 Å². The van der Waals surface area contributed by atoms with E-state index in [4.69, 9.17) is 0 Å². The van der Waals surface area contributed by atoms with Crippen LogP contribution in [0.25, 0.3) is 0 Å². The molecule has 1 aromatic rings. The first-order chi connectivity index (χ1) is 8.06. The third kappa shape index (κ3) is 2.83. The number of hydrogen-bond acceptors (Lipinski definition) is 4. The number of aliphatic hydroxyl groups excluding tert-OH is 1. The van der Waals surface area contributed by atoms with E-state index < -0.39 is 6.10 Å². The third-order valence-electron chi connectivity index (χ3n) is 2.96. The molecule has 6 nitrogen and oxygen atoms in total. The molecule has 2 atom stereocenters. The van der Waals surface area contributed by atoms with E-state index >= 15 is 0 Å². The largest absolute Gasteiger partial charge is 0.392 e. The van der Waals surface area contributed by atoms with E-state index in [-0.39, 0.29) is 11.9 Å². The van der Waals surface area contributed by atoms with Crippen molar-refractivity contribution in [1.82, 2.24) is 20.0 Å². The van der Waals surface area contributed by atoms with Crippen LogP contribution in [0.4, 0.5) is 0 Å². The van der Waals surface area contributed by atoms with Gasteiger partial charge in [0.15, 0.2) is 0 Å². The molecule has 2 heterocycles. The molecule has 1 saturated heterocycles. The van der Waals surface area contributed by atoms with Gasteiger partial charge < -0.3 is 15.3 Å². The summed E-state index contributed by atoms with van der Waals surface area (Å²) in [6.45, 7) is 1.04. The number of aliphatic hydroxyl groups is 1. The van der Waals surface area contributed by atoms with Gasteiger partial charge in [-0.1, -0.05) is 0 Å². The standard InChI is InChI=1S/C11H18N4O2/c1-14(6-8-4-13-15(2)7-8)11(17)10-3-9(16)5-12-10/h4,7,9-10,12,16H,3,5-6H2,1-2H3. The lowest BCUT2D eigenvalue weighted by molar-refractivity contribution is -0.132. The fourth-order valence-electron chi connectivity index (χ4n) is 2.08. The zero-order valence-corrected chi connectivity index (χ0v) is 10.1. The summed E-state index contributed by atoms with van der Waals surface area (Å²) < 4.78 is 1.71. The van der Waals surface area contributed by atoms with E-state index in [2.05, 4.69) is 10.4 Å². The second kappa shape index (κ2) is 4.85. The fourth-order valence-corrected chi connectivity index (χ4v) is 2.08. The molecule has 0 bridgehead atoms. The van der Waals surface area contributed by atoms with Gasteiger partial charge in [-0.05, 0) is 6.42 Å². The van der Waals surface area contributed by atoms with Crippen LogP contribution in [0, 0.1) is 0 Å². The van der Waals surface area contributed by atoms with E-state index in [1.54, 1.807) is 22.8 Å². The number of aryl methyl sites for hydroxylation is 1. The Morgan fingerprint density at radius 3 is 3.06 bits per heavy atom. The van der Waals surface area contributed by atoms with Crippen LogP contribution in [-0.2, 0) is 18.4 Å². The normalized spacial score (nSPS) is 23.9. The third-order valence-corrected chi connectivity index (χ3v) is 2.96. The molecule has 0 aliphatic carbocycles. The number of carbonyl (C=O) groups excluding carboxylic acids is 1. The van der Waals surface area contributed by atoms with Crippen molar-refractivity contribution >= 4 is 5.91 Å². The van der Waals surface area contributed by atoms with Crippen molar-refractivity contribution in [3.8, 4) is 0 Å². The van der Waals surface area contributed by atoms with Crippen LogP contribution in [0.1, 0.15) is 12.0 Å². The lowest BCUT2D eigenvalue weighted by Crippen LogP contribution is -2.41. The molecule has 2 N–H and O–H groups in total. The van der Waals surface area contributed by atoms with Crippen LogP contribution in [0.5, 0.6) is 0 Å². The molecule has 2 rings (SSSR count). The van der Waals surface area contributed by atoms with E-state index in [1.807, 2.05) is 13.2 Å². The van der Waals surface area contributed by atoms with Gasteiger partial charge in [-0.3, -0.25) is 9.48 Å². The van der Waals surface area contributed by atoms with Crippen molar-refractivity contribution in [2.24, 2.45) is 7.05 Å². The van der Waals surface area contributed by atoms with Crippen LogP contribution in [0.2, 0.25) is 0 Å². The molecule has 6 heteroatoms. The summed E-state index contributed by atoms with van der Waals surface area (Å²) in [5.41, 5.74) is 1.00. The maximum absolute atomic E-state index is 12.0. The van der Waals surface area contributed by atoms with E-state index in [9.17, 15) is 9.90 Å². The Labute approximate surface area is 100 Å². The number of aromatic nitrogens is 2. The maximum atomic E-state index is 12.0. The SMILES string of the molecule is CN(Cc1cnn(C)c1)C(=O)C1CC(O)CN1. The summed E-state index contributed by atoms with van der Waals surface area (Å²) in [5.74, 6) is 0.0189. The first-order valence-electron chi connectivity index (χ1n) is 5.70. The summed E-state index contributed by atoms with van der Waals surface area (Å²) in [4.78, 5) is 13.7. The van der Waals surface area contributed by atoms with Gasteiger partial charge in [0.2, 0.25) is 5.91 Å². The number of likely N-dealkylation sites (N-methyl/N-ethyl adjacent to an activating group) is 1. The molecule has 17 heavy (non-hydrogen) atoms. The van der Waals surface area contributed by atoms with Crippen LogP contribution in [-0.4, -0.2) is 51.4 Å². The Morgan fingerprint density at radius 1 is 1.76 bits per heavy atom. The minimum absolute atomic E-state index is 0.0189. The molecule has 1 aliphatic rings. The summed E-state index contributed by atoms with van der Waals surface area (Å²) in [6, 6.07) is -0.258. The average molecular weight is 238 g/mol. The molecule has 1 aromatic heterocycles. The molecule has 0 radical (unpaired) electrons. The highest BCUT2D eigenvalue weighted by Crippen LogP contribution is 2.10. The lowest BCUT2D eigenvalue weighted by Gasteiger charge is -2.20. The summed E-state index contributed by atoms with van der Waals surface area (Å²) >= 11 is 0. The van der Waals surface area contributed by atoms with Crippen LogP contribution in [0.15, 0.2) is 12.4 Å². The van der Waals surface area contributed by atoms with Crippen molar-refractivity contribution in [2.75, 3.05) is 13.6 Å². The topological polar surface area (TPSA) is 70.4 Å². The molecule has 0 saturated carbocycles. The van der Waals surface area contributed by atoms with Gasteiger partial charge in [-0.15, -0.1) is 0 Å². The predicted octanol–water partition coefficient (Wildman–Crippen LogP) is -0.899. The highest BCUT2D eigenvalue weighted by atomic mass is 16.3. The Kier molecular flexibility index (Phi) is 3.44. The second-order valence-corrected chi connectivity index (χ2v) is 4.57. The highest BCUT2D eigenvalue weighted by molar-refractivity contribution is 5.82. The number of hydrogen-bond donors (Lipinski definition) is 2. The average Bonchev–Trinajstić information content (AvgIpc) is 2.87. The lowest BCUT2D eigenvalue weighted by atomic mass is 10.2. The Morgan fingerprint density at radius 2 is 2.53 bits per heavy atom. The maximum Gasteiger partial charge on any atom is 0.239 e. The highest BCUT2D eigenvalue weighted by Gasteiger charge is 2.30. The number of nitrogens with one attached hydrogen (secondary N) is 1. The Bertz CT molecular complexity index is 404. The fraction of sp³-hybridized carbons (Fsp3) is 0.636. The molecular weight excluding hydrogens is 220 g/mol. The van der Waals surface area contributed by atoms with Gasteiger partial charge in [-0.25, -0.2) is 0 Å². The van der Waals surface area contributed by atoms with E-state index in [0.29, 0.717) is 19.5 Å². The molecule has 94 valence electrons. The van der Waals surface area contributed by atoms with Crippen molar-refractivity contribution in [3.05, 3.63) is 18.0 Å². The van der Waals surface area contributed by atoms with Crippen LogP contribution < -0.4 is 5.32 Å². The quantitative estimate of drug-likeness (QED) is 0.716. The molecular formula is C11H18N4O2. The number of nitrogens with zero attached hydrogens (tertiary/aromatic N) is 3. The Hall–Kier alpha value is -1.40. The second-order valence-electron chi connectivity index (χ2n) is 4.57. The Balaban J connectivity index is 1.91. The van der Waals surface area contributed by atoms with Crippen molar-refractivity contribution in [1.29, 1.82) is 0 Å². The number of rotatable bonds is 3. The van der Waals surface area contributed by atoms with Gasteiger partial charge in [-0.2, -0.15) is 5.10 Å². The van der Waals surface area contributed by atoms with Crippen molar-refractivity contribution < 1.29 is 9.90 Å². The minimum Gasteiger partial charge on any atom is -0.392 e. The zero-order chi connectivity index (χ0) is 12.4. The first kappa shape index (κ1) is 12.1. The molecule has 1 aliphatic heterocycles. The number of carbonyl (C=O) groups is 1. The van der Waals surface area contributed by atoms with Gasteiger partial charge in [0, 0.05) is 38.9 Å². The molecule has 1 fully saturated rings. The smallest absolute Gasteiger partial charge is 0.239 e. The molecule has 2 unspecified atom stereocenters. The minimum atomic E-state index is -0.407. The van der Waals surface area contributed by atoms with Gasteiger partial charge >= 0.3 is 0 Å². The molecule has 0 aromatic carbocycles. The van der Waals surface area contributed by atoms with Gasteiger partial charge in [0.1, 0.15) is 0 Å². The van der Waals surface area contributed by atoms with Gasteiger partial charge in [0.25, 0.3) is 0 Å². The van der Waals surface area contributed by atoms with Gasteiger partial charge in [0.05, 0.1) is 18.3 Å². The van der Waals surface area contributed by atoms with E-state index in [1.165, 1.54) is 0 Å². The van der Waals surface area contributed by atoms with Crippen molar-refractivity contribution in [3.63, 3.8) is 0 Å². The number of amides is 1. The van der Waals surface area contributed by atoms with Crippen molar-refractivity contribution in [2.45, 2.75) is 25.1 Å². The summed E-state index contributed by atoms with van der Waals surface area (Å²) in [5, 5.41) is 16.5. The first-order valence-corrected chi connectivity index (χ1v) is 5.70. The number of β-amino-alcohol motifs (C(OH)–C–C–N with tert-alkyl or cyclic N) is 1. The molecule has 1 amide bonds. The van der Waals surface area contributed by atoms with Crippen LogP contribution >= 0.6 is 0 Å². The summed E-state index contributed by atoms with van der Waals surface area (Å²) in [6.07, 6.45) is 3.73.